The van der Waals surface area contributed by atoms with Gasteiger partial charge in [-0.2, -0.15) is 5.26 Å². The summed E-state index contributed by atoms with van der Waals surface area (Å²) >= 11 is 1.28. The van der Waals surface area contributed by atoms with Gasteiger partial charge in [0.05, 0.1) is 11.8 Å². The number of nitrogens with zero attached hydrogens (tertiary/aromatic N) is 2. The molecule has 5 nitrogen and oxygen atoms in total. The molecule has 2 rings (SSSR count). The second-order valence-corrected chi connectivity index (χ2v) is 3.52. The lowest BCUT2D eigenvalue weighted by atomic mass is 10.3. The largest absolute Gasteiger partial charge is 0.351 e. The van der Waals surface area contributed by atoms with Gasteiger partial charge in [-0.25, -0.2) is 0 Å². The van der Waals surface area contributed by atoms with E-state index in [9.17, 15) is 4.79 Å². The van der Waals surface area contributed by atoms with Crippen molar-refractivity contribution in [3.63, 3.8) is 0 Å². The highest BCUT2D eigenvalue weighted by Crippen LogP contribution is 2.22. The lowest BCUT2D eigenvalue weighted by Crippen LogP contribution is -2.10. The van der Waals surface area contributed by atoms with Gasteiger partial charge in [0.1, 0.15) is 11.1 Å². The van der Waals surface area contributed by atoms with Crippen molar-refractivity contribution in [2.75, 3.05) is 5.32 Å². The summed E-state index contributed by atoms with van der Waals surface area (Å²) in [6.45, 7) is 0. The van der Waals surface area contributed by atoms with Crippen molar-refractivity contribution < 1.29 is 9.32 Å². The Hall–Kier alpha value is -2.13. The van der Waals surface area contributed by atoms with Gasteiger partial charge in [0.25, 0.3) is 5.91 Å². The second-order valence-electron chi connectivity index (χ2n) is 2.61. The fraction of sp³-hybridized carbons (Fsp3) is 0. The Balaban J connectivity index is 2.17. The Morgan fingerprint density at radius 2 is 2.47 bits per heavy atom. The summed E-state index contributed by atoms with van der Waals surface area (Å²) in [6, 6.07) is 5.07. The summed E-state index contributed by atoms with van der Waals surface area (Å²) in [5, 5.41) is 16.9. The standard InChI is InChI=1S/C9H5N3O2S/c10-5-6-2-4-15-9(6)12-8(13)7-1-3-11-14-7/h1-4H,(H,12,13). The average molecular weight is 219 g/mol. The van der Waals surface area contributed by atoms with Crippen molar-refractivity contribution >= 4 is 22.2 Å². The van der Waals surface area contributed by atoms with Crippen molar-refractivity contribution in [2.24, 2.45) is 0 Å². The van der Waals surface area contributed by atoms with Crippen molar-refractivity contribution in [1.29, 1.82) is 5.26 Å². The number of thiophene rings is 1. The van der Waals surface area contributed by atoms with Crippen LogP contribution in [0.1, 0.15) is 16.1 Å². The molecule has 6 heteroatoms. The molecule has 0 aromatic carbocycles. The van der Waals surface area contributed by atoms with E-state index >= 15 is 0 Å². The molecule has 0 spiro atoms. The Bertz CT molecular complexity index is 510. The molecule has 0 saturated carbocycles. The molecular formula is C9H5N3O2S. The van der Waals surface area contributed by atoms with Gasteiger partial charge in [0, 0.05) is 6.07 Å². The fourth-order valence-corrected chi connectivity index (χ4v) is 1.72. The molecular weight excluding hydrogens is 214 g/mol. The molecule has 2 aromatic heterocycles. The second kappa shape index (κ2) is 3.94. The van der Waals surface area contributed by atoms with Crippen LogP contribution in [0.15, 0.2) is 28.2 Å². The number of amides is 1. The first-order chi connectivity index (χ1) is 7.31. The van der Waals surface area contributed by atoms with E-state index < -0.39 is 5.91 Å². The number of nitrogens with one attached hydrogen (secondary N) is 1. The van der Waals surface area contributed by atoms with Crippen molar-refractivity contribution in [3.8, 4) is 6.07 Å². The number of hydrogen-bond donors (Lipinski definition) is 1. The first-order valence-electron chi connectivity index (χ1n) is 4.01. The summed E-state index contributed by atoms with van der Waals surface area (Å²) < 4.78 is 4.68. The van der Waals surface area contributed by atoms with Crippen LogP contribution >= 0.6 is 11.3 Å². The Labute approximate surface area is 88.9 Å². The zero-order chi connectivity index (χ0) is 10.7. The maximum atomic E-state index is 11.5. The minimum Gasteiger partial charge on any atom is -0.351 e. The van der Waals surface area contributed by atoms with E-state index in [1.54, 1.807) is 11.4 Å². The predicted molar refractivity (Wildman–Crippen MR) is 53.5 cm³/mol. The zero-order valence-corrected chi connectivity index (χ0v) is 8.25. The molecule has 0 unspecified atom stereocenters. The SMILES string of the molecule is N#Cc1ccsc1NC(=O)c1ccno1. The number of carbonyl (C=O) groups is 1. The molecule has 0 aliphatic rings. The van der Waals surface area contributed by atoms with Gasteiger partial charge in [-0.1, -0.05) is 5.16 Å². The van der Waals surface area contributed by atoms with E-state index in [1.165, 1.54) is 23.6 Å². The summed E-state index contributed by atoms with van der Waals surface area (Å²) in [4.78, 5) is 11.5. The number of carbonyl (C=O) groups excluding carboxylic acids is 1. The topological polar surface area (TPSA) is 78.9 Å². The van der Waals surface area contributed by atoms with Crippen LogP contribution in [0.4, 0.5) is 5.00 Å². The van der Waals surface area contributed by atoms with Gasteiger partial charge < -0.3 is 9.84 Å². The Morgan fingerprint density at radius 1 is 1.60 bits per heavy atom. The molecule has 0 radical (unpaired) electrons. The Kier molecular flexibility index (Phi) is 2.48. The highest BCUT2D eigenvalue weighted by atomic mass is 32.1. The maximum Gasteiger partial charge on any atom is 0.294 e. The number of rotatable bonds is 2. The molecule has 0 bridgehead atoms. The molecule has 15 heavy (non-hydrogen) atoms. The number of aromatic nitrogens is 1. The van der Waals surface area contributed by atoms with Crippen LogP contribution in [0.2, 0.25) is 0 Å². The van der Waals surface area contributed by atoms with Crippen LogP contribution in [-0.4, -0.2) is 11.1 Å². The van der Waals surface area contributed by atoms with Crippen molar-refractivity contribution in [3.05, 3.63) is 35.0 Å². The predicted octanol–water partition coefficient (Wildman–Crippen LogP) is 1.86. The van der Waals surface area contributed by atoms with E-state index in [2.05, 4.69) is 15.0 Å². The van der Waals surface area contributed by atoms with Crippen LogP contribution in [0.25, 0.3) is 0 Å². The smallest absolute Gasteiger partial charge is 0.294 e. The van der Waals surface area contributed by atoms with Gasteiger partial charge in [-0.15, -0.1) is 11.3 Å². The van der Waals surface area contributed by atoms with E-state index in [1.807, 2.05) is 6.07 Å². The monoisotopic (exact) mass is 219 g/mol. The van der Waals surface area contributed by atoms with Gasteiger partial charge in [-0.3, -0.25) is 4.79 Å². The summed E-state index contributed by atoms with van der Waals surface area (Å²) in [5.41, 5.74) is 0.438. The van der Waals surface area contributed by atoms with Crippen LogP contribution in [0.3, 0.4) is 0 Å². The normalized spacial score (nSPS) is 9.53. The summed E-state index contributed by atoms with van der Waals surface area (Å²) in [5.74, 6) is -0.293. The summed E-state index contributed by atoms with van der Waals surface area (Å²) in [7, 11) is 0. The third-order valence-corrected chi connectivity index (χ3v) is 2.50. The third kappa shape index (κ3) is 1.87. The van der Waals surface area contributed by atoms with Crippen LogP contribution < -0.4 is 5.32 Å². The lowest BCUT2D eigenvalue weighted by Gasteiger charge is -1.98. The lowest BCUT2D eigenvalue weighted by molar-refractivity contribution is 0.0988. The van der Waals surface area contributed by atoms with Crippen molar-refractivity contribution in [2.45, 2.75) is 0 Å². The molecule has 0 saturated heterocycles. The summed E-state index contributed by atoms with van der Waals surface area (Å²) in [6.07, 6.45) is 1.38. The molecule has 0 atom stereocenters. The van der Waals surface area contributed by atoms with Crippen LogP contribution in [-0.2, 0) is 0 Å². The average Bonchev–Trinajstić information content (AvgIpc) is 2.87. The minimum absolute atomic E-state index is 0.118. The molecule has 2 heterocycles. The van der Waals surface area contributed by atoms with Gasteiger partial charge >= 0.3 is 0 Å². The first-order valence-corrected chi connectivity index (χ1v) is 4.89. The number of hydrogen-bond acceptors (Lipinski definition) is 5. The molecule has 0 aliphatic carbocycles. The van der Waals surface area contributed by atoms with Crippen LogP contribution in [0.5, 0.6) is 0 Å². The maximum absolute atomic E-state index is 11.5. The first kappa shape index (κ1) is 9.43. The van der Waals surface area contributed by atoms with Gasteiger partial charge in [0.2, 0.25) is 5.76 Å². The van der Waals surface area contributed by atoms with Gasteiger partial charge in [0.15, 0.2) is 0 Å². The fourth-order valence-electron chi connectivity index (χ4n) is 0.992. The molecule has 74 valence electrons. The molecule has 2 aromatic rings. The zero-order valence-electron chi connectivity index (χ0n) is 7.43. The number of nitriles is 1. The quantitative estimate of drug-likeness (QED) is 0.836. The third-order valence-electron chi connectivity index (χ3n) is 1.67. The molecule has 1 N–H and O–H groups in total. The highest BCUT2D eigenvalue weighted by Gasteiger charge is 2.12. The highest BCUT2D eigenvalue weighted by molar-refractivity contribution is 7.14. The number of anilines is 1. The van der Waals surface area contributed by atoms with Crippen LogP contribution in [0, 0.1) is 11.3 Å². The molecule has 0 fully saturated rings. The van der Waals surface area contributed by atoms with E-state index in [4.69, 9.17) is 5.26 Å². The van der Waals surface area contributed by atoms with E-state index in [0.717, 1.165) is 0 Å². The Morgan fingerprint density at radius 3 is 3.13 bits per heavy atom. The molecule has 0 aliphatic heterocycles. The van der Waals surface area contributed by atoms with E-state index in [-0.39, 0.29) is 5.76 Å². The molecule has 1 amide bonds. The van der Waals surface area contributed by atoms with E-state index in [0.29, 0.717) is 10.6 Å². The van der Waals surface area contributed by atoms with Gasteiger partial charge in [-0.05, 0) is 11.4 Å². The van der Waals surface area contributed by atoms with Crippen molar-refractivity contribution in [1.82, 2.24) is 5.16 Å². The minimum atomic E-state index is -0.411.